The molecule has 1 aliphatic rings. The number of fused-ring (bicyclic) bond motifs is 1. The minimum absolute atomic E-state index is 0.153. The maximum absolute atomic E-state index is 13.4. The zero-order valence-electron chi connectivity index (χ0n) is 19.3. The number of aliphatic hydroxyl groups is 1. The molecular weight excluding hydrogens is 518 g/mol. The molecule has 5 rings (SSSR count). The van der Waals surface area contributed by atoms with E-state index < -0.39 is 28.4 Å². The Morgan fingerprint density at radius 3 is 2.62 bits per heavy atom. The summed E-state index contributed by atoms with van der Waals surface area (Å²) < 4.78 is 6.21. The third kappa shape index (κ3) is 4.41. The molecule has 1 amide bonds. The molecule has 0 aliphatic carbocycles. The number of nitro benzene ring substituents is 1. The third-order valence-electron chi connectivity index (χ3n) is 5.83. The van der Waals surface area contributed by atoms with Crippen LogP contribution in [0.5, 0.6) is 5.75 Å². The summed E-state index contributed by atoms with van der Waals surface area (Å²) in [4.78, 5) is 43.1. The van der Waals surface area contributed by atoms with Crippen LogP contribution in [0.15, 0.2) is 72.3 Å². The Morgan fingerprint density at radius 1 is 1.16 bits per heavy atom. The summed E-state index contributed by atoms with van der Waals surface area (Å²) in [7, 11) is 0. The number of rotatable bonds is 6. The van der Waals surface area contributed by atoms with Crippen LogP contribution in [0.4, 0.5) is 10.8 Å². The summed E-state index contributed by atoms with van der Waals surface area (Å²) >= 11 is 7.27. The van der Waals surface area contributed by atoms with Crippen LogP contribution < -0.4 is 9.64 Å². The number of ether oxygens (including phenoxy) is 1. The molecule has 11 heteroatoms. The van der Waals surface area contributed by atoms with Gasteiger partial charge in [-0.25, -0.2) is 4.98 Å². The van der Waals surface area contributed by atoms with Crippen molar-refractivity contribution in [2.75, 3.05) is 11.5 Å². The fourth-order valence-electron chi connectivity index (χ4n) is 4.17. The molecule has 9 nitrogen and oxygen atoms in total. The molecule has 0 radical (unpaired) electrons. The van der Waals surface area contributed by atoms with Crippen molar-refractivity contribution in [3.05, 3.63) is 98.6 Å². The molecule has 0 saturated carbocycles. The molecule has 186 valence electrons. The highest BCUT2D eigenvalue weighted by Gasteiger charge is 2.48. The van der Waals surface area contributed by atoms with Gasteiger partial charge in [0.1, 0.15) is 11.5 Å². The predicted molar refractivity (Wildman–Crippen MR) is 140 cm³/mol. The molecule has 3 aromatic carbocycles. The Hall–Kier alpha value is -4.28. The van der Waals surface area contributed by atoms with E-state index in [0.717, 1.165) is 11.3 Å². The summed E-state index contributed by atoms with van der Waals surface area (Å²) in [5.74, 6) is -1.69. The summed E-state index contributed by atoms with van der Waals surface area (Å²) in [6, 6.07) is 16.0. The van der Waals surface area contributed by atoms with E-state index >= 15 is 0 Å². The van der Waals surface area contributed by atoms with Crippen molar-refractivity contribution in [3.63, 3.8) is 0 Å². The first-order chi connectivity index (χ1) is 17.8. The number of carbonyl (C=O) groups excluding carboxylic acids is 2. The van der Waals surface area contributed by atoms with E-state index in [4.69, 9.17) is 16.3 Å². The number of aromatic nitrogens is 1. The molecule has 1 unspecified atom stereocenters. The average Bonchev–Trinajstić information content (AvgIpc) is 3.41. The van der Waals surface area contributed by atoms with Crippen molar-refractivity contribution in [3.8, 4) is 5.75 Å². The number of anilines is 1. The van der Waals surface area contributed by atoms with Crippen molar-refractivity contribution in [2.45, 2.75) is 13.0 Å². The molecular formula is C26H18ClN3O6S. The zero-order valence-corrected chi connectivity index (χ0v) is 20.8. The van der Waals surface area contributed by atoms with Crippen LogP contribution in [0, 0.1) is 10.1 Å². The monoisotopic (exact) mass is 535 g/mol. The van der Waals surface area contributed by atoms with E-state index in [1.165, 1.54) is 29.2 Å². The Morgan fingerprint density at radius 2 is 1.92 bits per heavy atom. The predicted octanol–water partition coefficient (Wildman–Crippen LogP) is 5.88. The number of Topliss-reactive ketones (excluding diaryl/α,β-unsaturated/α-hetero) is 1. The van der Waals surface area contributed by atoms with E-state index in [-0.39, 0.29) is 22.0 Å². The summed E-state index contributed by atoms with van der Waals surface area (Å²) in [6.07, 6.45) is 0. The Bertz CT molecular complexity index is 1600. The van der Waals surface area contributed by atoms with Gasteiger partial charge >= 0.3 is 5.91 Å². The lowest BCUT2D eigenvalue weighted by Crippen LogP contribution is -2.29. The number of thiazole rings is 1. The molecule has 4 aromatic rings. The van der Waals surface area contributed by atoms with Gasteiger partial charge in [0, 0.05) is 22.7 Å². The molecule has 37 heavy (non-hydrogen) atoms. The zero-order chi connectivity index (χ0) is 26.3. The summed E-state index contributed by atoms with van der Waals surface area (Å²) in [5.41, 5.74) is 0.944. The quantitative estimate of drug-likeness (QED) is 0.107. The average molecular weight is 536 g/mol. The molecule has 2 heterocycles. The number of nitrogens with zero attached hydrogens (tertiary/aromatic N) is 3. The molecule has 1 aliphatic heterocycles. The number of ketones is 1. The first kappa shape index (κ1) is 24.4. The number of benzene rings is 3. The van der Waals surface area contributed by atoms with Crippen molar-refractivity contribution in [2.24, 2.45) is 0 Å². The third-order valence-corrected chi connectivity index (χ3v) is 7.08. The maximum Gasteiger partial charge on any atom is 0.301 e. The van der Waals surface area contributed by atoms with Crippen molar-refractivity contribution in [1.82, 2.24) is 4.98 Å². The number of hydrogen-bond acceptors (Lipinski definition) is 8. The number of carbonyl (C=O) groups is 2. The number of halogens is 1. The van der Waals surface area contributed by atoms with Gasteiger partial charge in [-0.05, 0) is 55.0 Å². The first-order valence-corrected chi connectivity index (χ1v) is 12.3. The largest absolute Gasteiger partial charge is 0.507 e. The van der Waals surface area contributed by atoms with Crippen LogP contribution in [-0.4, -0.2) is 33.3 Å². The lowest BCUT2D eigenvalue weighted by atomic mass is 9.95. The topological polar surface area (TPSA) is 123 Å². The minimum Gasteiger partial charge on any atom is -0.507 e. The van der Waals surface area contributed by atoms with Gasteiger partial charge in [0.25, 0.3) is 11.5 Å². The second-order valence-electron chi connectivity index (χ2n) is 8.09. The molecule has 1 aromatic heterocycles. The van der Waals surface area contributed by atoms with E-state index in [2.05, 4.69) is 4.98 Å². The van der Waals surface area contributed by atoms with Gasteiger partial charge in [-0.1, -0.05) is 35.1 Å². The van der Waals surface area contributed by atoms with Crippen LogP contribution in [0.25, 0.3) is 16.0 Å². The molecule has 1 saturated heterocycles. The molecule has 1 fully saturated rings. The lowest BCUT2D eigenvalue weighted by Gasteiger charge is -2.23. The summed E-state index contributed by atoms with van der Waals surface area (Å²) in [5, 5.41) is 23.2. The second-order valence-corrected chi connectivity index (χ2v) is 9.53. The van der Waals surface area contributed by atoms with Crippen LogP contribution in [0.2, 0.25) is 5.02 Å². The number of amides is 1. The highest BCUT2D eigenvalue weighted by Crippen LogP contribution is 2.45. The van der Waals surface area contributed by atoms with Gasteiger partial charge in [0.2, 0.25) is 0 Å². The Labute approximate surface area is 219 Å². The number of hydrogen-bond donors (Lipinski definition) is 1. The van der Waals surface area contributed by atoms with Crippen molar-refractivity contribution >= 4 is 61.4 Å². The van der Waals surface area contributed by atoms with Crippen LogP contribution >= 0.6 is 22.9 Å². The molecule has 1 N–H and O–H groups in total. The fourth-order valence-corrected chi connectivity index (χ4v) is 5.44. The molecule has 1 atom stereocenters. The van der Waals surface area contributed by atoms with Crippen LogP contribution in [0.1, 0.15) is 24.1 Å². The lowest BCUT2D eigenvalue weighted by molar-refractivity contribution is -0.384. The summed E-state index contributed by atoms with van der Waals surface area (Å²) in [6.45, 7) is 2.22. The van der Waals surface area contributed by atoms with Gasteiger partial charge in [0.15, 0.2) is 5.13 Å². The standard InChI is InChI=1S/C26H18ClN3O6S/c1-2-36-18-5-3-4-15(12-18)23(31)21-22(14-6-9-17(10-7-14)30(34)35)29(25(33)24(21)32)26-28-19-11-8-16(27)13-20(19)37-26/h3-13,22,31H,2H2,1H3/b23-21+. The Kier molecular flexibility index (Phi) is 6.36. The fraction of sp³-hybridized carbons (Fsp3) is 0.115. The van der Waals surface area contributed by atoms with Gasteiger partial charge in [-0.15, -0.1) is 0 Å². The van der Waals surface area contributed by atoms with E-state index in [1.54, 1.807) is 42.5 Å². The minimum atomic E-state index is -1.08. The van der Waals surface area contributed by atoms with E-state index in [9.17, 15) is 24.8 Å². The second kappa shape index (κ2) is 9.64. The normalized spacial score (nSPS) is 16.9. The van der Waals surface area contributed by atoms with Gasteiger partial charge in [-0.2, -0.15) is 0 Å². The maximum atomic E-state index is 13.4. The number of aliphatic hydroxyl groups excluding tert-OH is 1. The van der Waals surface area contributed by atoms with Crippen molar-refractivity contribution < 1.29 is 24.4 Å². The molecule has 0 bridgehead atoms. The number of non-ortho nitro benzene ring substituents is 1. The van der Waals surface area contributed by atoms with Crippen molar-refractivity contribution in [1.29, 1.82) is 0 Å². The van der Waals surface area contributed by atoms with Gasteiger partial charge in [0.05, 0.1) is 33.4 Å². The highest BCUT2D eigenvalue weighted by molar-refractivity contribution is 7.22. The van der Waals surface area contributed by atoms with Gasteiger partial charge < -0.3 is 9.84 Å². The van der Waals surface area contributed by atoms with Crippen LogP contribution in [0.3, 0.4) is 0 Å². The van der Waals surface area contributed by atoms with E-state index in [1.807, 2.05) is 6.92 Å². The number of nitro groups is 1. The van der Waals surface area contributed by atoms with Crippen LogP contribution in [-0.2, 0) is 9.59 Å². The highest BCUT2D eigenvalue weighted by atomic mass is 35.5. The van der Waals surface area contributed by atoms with E-state index in [0.29, 0.717) is 33.2 Å². The Balaban J connectivity index is 1.71. The van der Waals surface area contributed by atoms with Gasteiger partial charge in [-0.3, -0.25) is 24.6 Å². The smallest absolute Gasteiger partial charge is 0.301 e. The molecule has 0 spiro atoms. The first-order valence-electron chi connectivity index (χ1n) is 11.1. The SMILES string of the molecule is CCOc1cccc(/C(O)=C2\C(=O)C(=O)N(c3nc4ccc(Cl)cc4s3)C2c2ccc([N+](=O)[O-])cc2)c1.